The van der Waals surface area contributed by atoms with Gasteiger partial charge in [0.1, 0.15) is 0 Å². The van der Waals surface area contributed by atoms with Gasteiger partial charge in [-0.15, -0.1) is 0 Å². The topological polar surface area (TPSA) is 80.1 Å². The SMILES string of the molecule is O=C1CCNCCC[C@H](c2nc(-c3ccccc3)no2)CCN1. The van der Waals surface area contributed by atoms with Gasteiger partial charge in [-0.05, 0) is 25.8 Å². The van der Waals surface area contributed by atoms with Gasteiger partial charge in [-0.2, -0.15) is 4.98 Å². The van der Waals surface area contributed by atoms with E-state index in [1.165, 1.54) is 0 Å². The van der Waals surface area contributed by atoms with Crippen molar-refractivity contribution in [2.75, 3.05) is 19.6 Å². The highest BCUT2D eigenvalue weighted by Gasteiger charge is 2.20. The predicted molar refractivity (Wildman–Crippen MR) is 86.8 cm³/mol. The molecular formula is C17H22N4O2. The van der Waals surface area contributed by atoms with Gasteiger partial charge in [0.25, 0.3) is 0 Å². The van der Waals surface area contributed by atoms with E-state index in [1.807, 2.05) is 30.3 Å². The van der Waals surface area contributed by atoms with E-state index in [0.717, 1.165) is 37.9 Å². The van der Waals surface area contributed by atoms with Crippen molar-refractivity contribution in [3.05, 3.63) is 36.2 Å². The molecule has 0 unspecified atom stereocenters. The number of nitrogens with zero attached hydrogens (tertiary/aromatic N) is 2. The lowest BCUT2D eigenvalue weighted by atomic mass is 9.99. The summed E-state index contributed by atoms with van der Waals surface area (Å²) in [6.45, 7) is 2.28. The fourth-order valence-corrected chi connectivity index (χ4v) is 2.77. The Morgan fingerprint density at radius 3 is 2.83 bits per heavy atom. The Kier molecular flexibility index (Phi) is 5.37. The number of aromatic nitrogens is 2. The molecule has 23 heavy (non-hydrogen) atoms. The van der Waals surface area contributed by atoms with Gasteiger partial charge in [0.05, 0.1) is 0 Å². The second-order valence-corrected chi connectivity index (χ2v) is 5.80. The number of rotatable bonds is 2. The lowest BCUT2D eigenvalue weighted by Crippen LogP contribution is -2.28. The van der Waals surface area contributed by atoms with Crippen LogP contribution in [0.15, 0.2) is 34.9 Å². The van der Waals surface area contributed by atoms with Crippen molar-refractivity contribution in [2.24, 2.45) is 0 Å². The molecule has 1 saturated heterocycles. The number of benzene rings is 1. The fourth-order valence-electron chi connectivity index (χ4n) is 2.77. The van der Waals surface area contributed by atoms with Crippen molar-refractivity contribution in [1.82, 2.24) is 20.8 Å². The first kappa shape index (κ1) is 15.7. The van der Waals surface area contributed by atoms with Crippen LogP contribution in [0.3, 0.4) is 0 Å². The van der Waals surface area contributed by atoms with Crippen molar-refractivity contribution in [3.8, 4) is 11.4 Å². The van der Waals surface area contributed by atoms with Crippen LogP contribution in [0.1, 0.15) is 37.5 Å². The van der Waals surface area contributed by atoms with Crippen LogP contribution in [-0.4, -0.2) is 35.7 Å². The smallest absolute Gasteiger partial charge is 0.230 e. The van der Waals surface area contributed by atoms with E-state index >= 15 is 0 Å². The molecule has 122 valence electrons. The molecule has 1 aromatic carbocycles. The maximum atomic E-state index is 11.6. The van der Waals surface area contributed by atoms with Gasteiger partial charge in [0, 0.05) is 31.0 Å². The molecule has 2 heterocycles. The Morgan fingerprint density at radius 2 is 1.96 bits per heavy atom. The Balaban J connectivity index is 1.70. The molecule has 1 fully saturated rings. The molecule has 1 atom stereocenters. The van der Waals surface area contributed by atoms with Crippen molar-refractivity contribution in [2.45, 2.75) is 31.6 Å². The Morgan fingerprint density at radius 1 is 1.09 bits per heavy atom. The third-order valence-electron chi connectivity index (χ3n) is 4.07. The minimum atomic E-state index is 0.0913. The van der Waals surface area contributed by atoms with Crippen molar-refractivity contribution >= 4 is 5.91 Å². The van der Waals surface area contributed by atoms with Crippen LogP contribution in [0, 0.1) is 0 Å². The molecule has 1 aliphatic rings. The molecule has 0 spiro atoms. The number of nitrogens with one attached hydrogen (secondary N) is 2. The van der Waals surface area contributed by atoms with Gasteiger partial charge in [0.15, 0.2) is 0 Å². The molecule has 1 aliphatic heterocycles. The third kappa shape index (κ3) is 4.39. The maximum Gasteiger partial charge on any atom is 0.230 e. The molecule has 2 aromatic rings. The van der Waals surface area contributed by atoms with Crippen molar-refractivity contribution < 1.29 is 9.32 Å². The number of amides is 1. The van der Waals surface area contributed by atoms with E-state index in [4.69, 9.17) is 4.52 Å². The first-order valence-corrected chi connectivity index (χ1v) is 8.19. The highest BCUT2D eigenvalue weighted by atomic mass is 16.5. The molecule has 0 bridgehead atoms. The fraction of sp³-hybridized carbons (Fsp3) is 0.471. The summed E-state index contributed by atoms with van der Waals surface area (Å²) < 4.78 is 5.49. The van der Waals surface area contributed by atoms with Crippen molar-refractivity contribution in [1.29, 1.82) is 0 Å². The molecule has 1 amide bonds. The summed E-state index contributed by atoms with van der Waals surface area (Å²) in [6, 6.07) is 9.82. The number of carbonyl (C=O) groups excluding carboxylic acids is 1. The van der Waals surface area contributed by atoms with Gasteiger partial charge in [-0.1, -0.05) is 35.5 Å². The summed E-state index contributed by atoms with van der Waals surface area (Å²) in [7, 11) is 0. The molecule has 0 saturated carbocycles. The van der Waals surface area contributed by atoms with Crippen molar-refractivity contribution in [3.63, 3.8) is 0 Å². The van der Waals surface area contributed by atoms with Crippen LogP contribution >= 0.6 is 0 Å². The summed E-state index contributed by atoms with van der Waals surface area (Å²) >= 11 is 0. The highest BCUT2D eigenvalue weighted by Crippen LogP contribution is 2.25. The lowest BCUT2D eigenvalue weighted by molar-refractivity contribution is -0.121. The number of carbonyl (C=O) groups is 1. The zero-order valence-corrected chi connectivity index (χ0v) is 13.1. The van der Waals surface area contributed by atoms with Gasteiger partial charge in [0.2, 0.25) is 17.6 Å². The zero-order chi connectivity index (χ0) is 15.9. The van der Waals surface area contributed by atoms with Crippen LogP contribution in [0.25, 0.3) is 11.4 Å². The summed E-state index contributed by atoms with van der Waals surface area (Å²) in [4.78, 5) is 16.2. The van der Waals surface area contributed by atoms with Crippen LogP contribution in [-0.2, 0) is 4.79 Å². The summed E-state index contributed by atoms with van der Waals surface area (Å²) in [5.74, 6) is 1.56. The predicted octanol–water partition coefficient (Wildman–Crippen LogP) is 2.10. The molecule has 6 nitrogen and oxygen atoms in total. The van der Waals surface area contributed by atoms with Gasteiger partial charge in [-0.3, -0.25) is 4.79 Å². The monoisotopic (exact) mass is 314 g/mol. The average molecular weight is 314 g/mol. The summed E-state index contributed by atoms with van der Waals surface area (Å²) in [5.41, 5.74) is 0.953. The standard InChI is InChI=1S/C17H22N4O2/c22-15-9-11-18-10-4-7-14(8-12-19-15)17-20-16(21-23-17)13-5-2-1-3-6-13/h1-3,5-6,14,18H,4,7-12H2,(H,19,22)/t14-/m0/s1. The molecule has 6 heteroatoms. The summed E-state index contributed by atoms with van der Waals surface area (Å²) in [5, 5.41) is 10.3. The lowest BCUT2D eigenvalue weighted by Gasteiger charge is -2.12. The number of hydrogen-bond donors (Lipinski definition) is 2. The minimum absolute atomic E-state index is 0.0913. The van der Waals surface area contributed by atoms with E-state index in [2.05, 4.69) is 20.8 Å². The van der Waals surface area contributed by atoms with E-state index < -0.39 is 0 Å². The first-order chi connectivity index (χ1) is 11.3. The molecule has 0 radical (unpaired) electrons. The number of hydrogen-bond acceptors (Lipinski definition) is 5. The molecule has 2 N–H and O–H groups in total. The Hall–Kier alpha value is -2.21. The molecule has 0 aliphatic carbocycles. The van der Waals surface area contributed by atoms with Crippen LogP contribution in [0.5, 0.6) is 0 Å². The van der Waals surface area contributed by atoms with E-state index in [9.17, 15) is 4.79 Å². The molecular weight excluding hydrogens is 292 g/mol. The van der Waals surface area contributed by atoms with Crippen LogP contribution < -0.4 is 10.6 Å². The Bertz CT molecular complexity index is 627. The van der Waals surface area contributed by atoms with E-state index in [0.29, 0.717) is 24.7 Å². The first-order valence-electron chi connectivity index (χ1n) is 8.19. The third-order valence-corrected chi connectivity index (χ3v) is 4.07. The van der Waals surface area contributed by atoms with Crippen LogP contribution in [0.2, 0.25) is 0 Å². The van der Waals surface area contributed by atoms with Gasteiger partial charge < -0.3 is 15.2 Å². The van der Waals surface area contributed by atoms with Gasteiger partial charge >= 0.3 is 0 Å². The highest BCUT2D eigenvalue weighted by molar-refractivity contribution is 5.76. The van der Waals surface area contributed by atoms with Crippen LogP contribution in [0.4, 0.5) is 0 Å². The van der Waals surface area contributed by atoms with Gasteiger partial charge in [-0.25, -0.2) is 0 Å². The average Bonchev–Trinajstić information content (AvgIpc) is 3.05. The zero-order valence-electron chi connectivity index (χ0n) is 13.1. The maximum absolute atomic E-state index is 11.6. The molecule has 3 rings (SSSR count). The quantitative estimate of drug-likeness (QED) is 0.887. The van der Waals surface area contributed by atoms with E-state index in [-0.39, 0.29) is 11.8 Å². The normalized spacial score (nSPS) is 20.5. The largest absolute Gasteiger partial charge is 0.356 e. The summed E-state index contributed by atoms with van der Waals surface area (Å²) in [6.07, 6.45) is 3.35. The van der Waals surface area contributed by atoms with E-state index in [1.54, 1.807) is 0 Å². The minimum Gasteiger partial charge on any atom is -0.356 e. The molecule has 1 aromatic heterocycles. The second kappa shape index (κ2) is 7.87. The second-order valence-electron chi connectivity index (χ2n) is 5.80. The Labute approximate surface area is 135 Å².